The molecule has 2 aromatic heterocycles. The number of phenols is 1. The van der Waals surface area contributed by atoms with Crippen LogP contribution in [0.25, 0.3) is 30.4 Å². The van der Waals surface area contributed by atoms with Crippen LogP contribution in [0, 0.1) is 0 Å². The van der Waals surface area contributed by atoms with Gasteiger partial charge in [-0.1, -0.05) is 23.7 Å². The maximum absolute atomic E-state index is 9.65. The van der Waals surface area contributed by atoms with Crippen LogP contribution in [0.15, 0.2) is 36.4 Å². The molecule has 0 spiro atoms. The summed E-state index contributed by atoms with van der Waals surface area (Å²) in [5.74, 6) is 0.0821. The fraction of sp³-hybridized carbons (Fsp3) is 0. The zero-order valence-corrected chi connectivity index (χ0v) is 12.4. The third kappa shape index (κ3) is 1.78. The smallest absolute Gasteiger partial charge is 0.153 e. The summed E-state index contributed by atoms with van der Waals surface area (Å²) in [6, 6.07) is 11.3. The minimum absolute atomic E-state index is 0.0821. The Kier molecular flexibility index (Phi) is 2.66. The van der Waals surface area contributed by atoms with Crippen LogP contribution in [0.3, 0.4) is 0 Å². The number of hydrogen-bond donors (Lipinski definition) is 1. The fourth-order valence-electron chi connectivity index (χ4n) is 2.00. The monoisotopic (exact) mass is 318 g/mol. The number of aromatic nitrogens is 2. The van der Waals surface area contributed by atoms with Crippen LogP contribution >= 0.6 is 34.3 Å². The second-order valence-electron chi connectivity index (χ2n) is 4.25. The van der Waals surface area contributed by atoms with Gasteiger partial charge in [0.15, 0.2) is 10.0 Å². The molecule has 0 fully saturated rings. The summed E-state index contributed by atoms with van der Waals surface area (Å²) in [7, 11) is 0. The number of halogens is 1. The average Bonchev–Trinajstić information content (AvgIpc) is 3.06. The molecule has 4 aromatic rings. The van der Waals surface area contributed by atoms with E-state index in [-0.39, 0.29) is 5.75 Å². The van der Waals surface area contributed by atoms with Gasteiger partial charge in [0.05, 0.1) is 20.4 Å². The van der Waals surface area contributed by atoms with Crippen LogP contribution in [-0.2, 0) is 0 Å². The number of nitrogens with zero attached hydrogens (tertiary/aromatic N) is 2. The number of phenolic OH excluding ortho intramolecular Hbond substituents is 1. The highest BCUT2D eigenvalue weighted by Gasteiger charge is 2.14. The maximum Gasteiger partial charge on any atom is 0.153 e. The fourth-order valence-corrected chi connectivity index (χ4v) is 4.26. The first-order valence-electron chi connectivity index (χ1n) is 5.86. The van der Waals surface area contributed by atoms with Crippen molar-refractivity contribution in [2.24, 2.45) is 0 Å². The first-order chi connectivity index (χ1) is 9.72. The number of benzene rings is 2. The SMILES string of the molecule is Oc1ccc2nc(-c3nc4ccccc4s3)sc2c1Cl. The van der Waals surface area contributed by atoms with Gasteiger partial charge in [-0.05, 0) is 24.3 Å². The highest BCUT2D eigenvalue weighted by Crippen LogP contribution is 2.40. The maximum atomic E-state index is 9.65. The largest absolute Gasteiger partial charge is 0.506 e. The second kappa shape index (κ2) is 4.41. The van der Waals surface area contributed by atoms with Crippen molar-refractivity contribution in [1.82, 2.24) is 9.97 Å². The van der Waals surface area contributed by atoms with Gasteiger partial charge in [0.25, 0.3) is 0 Å². The lowest BCUT2D eigenvalue weighted by atomic mass is 10.3. The molecule has 4 rings (SSSR count). The number of para-hydroxylation sites is 1. The average molecular weight is 319 g/mol. The van der Waals surface area contributed by atoms with Crippen molar-refractivity contribution in [2.75, 3.05) is 0 Å². The molecule has 0 bridgehead atoms. The number of aromatic hydroxyl groups is 1. The van der Waals surface area contributed by atoms with E-state index in [1.807, 2.05) is 24.3 Å². The highest BCUT2D eigenvalue weighted by atomic mass is 35.5. The van der Waals surface area contributed by atoms with Crippen LogP contribution in [0.1, 0.15) is 0 Å². The molecule has 0 aliphatic heterocycles. The van der Waals surface area contributed by atoms with Crippen molar-refractivity contribution in [2.45, 2.75) is 0 Å². The minimum atomic E-state index is 0.0821. The lowest BCUT2D eigenvalue weighted by molar-refractivity contribution is 0.476. The first-order valence-corrected chi connectivity index (χ1v) is 7.87. The molecule has 0 atom stereocenters. The normalized spacial score (nSPS) is 11.4. The Morgan fingerprint density at radius 1 is 0.900 bits per heavy atom. The lowest BCUT2D eigenvalue weighted by Gasteiger charge is -1.94. The van der Waals surface area contributed by atoms with Gasteiger partial charge in [0.2, 0.25) is 0 Å². The van der Waals surface area contributed by atoms with E-state index in [1.54, 1.807) is 23.5 Å². The molecule has 0 radical (unpaired) electrons. The Bertz CT molecular complexity index is 912. The van der Waals surface area contributed by atoms with Gasteiger partial charge in [-0.3, -0.25) is 0 Å². The summed E-state index contributed by atoms with van der Waals surface area (Å²) in [5, 5.41) is 11.7. The summed E-state index contributed by atoms with van der Waals surface area (Å²) in [5.41, 5.74) is 1.76. The van der Waals surface area contributed by atoms with E-state index in [1.165, 1.54) is 11.3 Å². The molecule has 1 N–H and O–H groups in total. The molecule has 6 heteroatoms. The summed E-state index contributed by atoms with van der Waals surface area (Å²) < 4.78 is 1.93. The van der Waals surface area contributed by atoms with Gasteiger partial charge in [-0.15, -0.1) is 22.7 Å². The Labute approximate surface area is 127 Å². The van der Waals surface area contributed by atoms with E-state index in [9.17, 15) is 5.11 Å². The van der Waals surface area contributed by atoms with Crippen LogP contribution < -0.4 is 0 Å². The number of thiazole rings is 2. The van der Waals surface area contributed by atoms with E-state index < -0.39 is 0 Å². The van der Waals surface area contributed by atoms with E-state index >= 15 is 0 Å². The number of rotatable bonds is 1. The molecule has 0 unspecified atom stereocenters. The molecule has 2 heterocycles. The Morgan fingerprint density at radius 2 is 1.65 bits per heavy atom. The zero-order valence-electron chi connectivity index (χ0n) is 10.0. The molecule has 0 saturated carbocycles. The van der Waals surface area contributed by atoms with Crippen LogP contribution in [-0.4, -0.2) is 15.1 Å². The van der Waals surface area contributed by atoms with E-state index in [0.29, 0.717) is 5.02 Å². The Balaban J connectivity index is 1.95. The lowest BCUT2D eigenvalue weighted by Crippen LogP contribution is -1.73. The summed E-state index contributed by atoms with van der Waals surface area (Å²) in [4.78, 5) is 9.14. The van der Waals surface area contributed by atoms with Crippen molar-refractivity contribution >= 4 is 54.7 Å². The number of fused-ring (bicyclic) bond motifs is 2. The minimum Gasteiger partial charge on any atom is -0.506 e. The van der Waals surface area contributed by atoms with Gasteiger partial charge < -0.3 is 5.11 Å². The molecule has 0 aliphatic carbocycles. The highest BCUT2D eigenvalue weighted by molar-refractivity contribution is 7.28. The van der Waals surface area contributed by atoms with Crippen molar-refractivity contribution in [3.05, 3.63) is 41.4 Å². The van der Waals surface area contributed by atoms with Gasteiger partial charge in [0.1, 0.15) is 10.8 Å². The van der Waals surface area contributed by atoms with Crippen molar-refractivity contribution < 1.29 is 5.11 Å². The Morgan fingerprint density at radius 3 is 2.50 bits per heavy atom. The van der Waals surface area contributed by atoms with Gasteiger partial charge in [0, 0.05) is 0 Å². The molecule has 20 heavy (non-hydrogen) atoms. The van der Waals surface area contributed by atoms with E-state index in [2.05, 4.69) is 9.97 Å². The molecular formula is C14H7ClN2OS2. The molecule has 2 aromatic carbocycles. The molecule has 0 saturated heterocycles. The van der Waals surface area contributed by atoms with Crippen molar-refractivity contribution in [1.29, 1.82) is 0 Å². The Hall–Kier alpha value is -1.69. The zero-order chi connectivity index (χ0) is 13.7. The first kappa shape index (κ1) is 12.1. The topological polar surface area (TPSA) is 46.0 Å². The molecular weight excluding hydrogens is 312 g/mol. The van der Waals surface area contributed by atoms with E-state index in [4.69, 9.17) is 11.6 Å². The molecule has 98 valence electrons. The molecule has 0 aliphatic rings. The van der Waals surface area contributed by atoms with Crippen molar-refractivity contribution in [3.63, 3.8) is 0 Å². The van der Waals surface area contributed by atoms with Gasteiger partial charge in [-0.2, -0.15) is 0 Å². The number of hydrogen-bond acceptors (Lipinski definition) is 5. The summed E-state index contributed by atoms with van der Waals surface area (Å²) in [6.07, 6.45) is 0. The molecule has 3 nitrogen and oxygen atoms in total. The van der Waals surface area contributed by atoms with Gasteiger partial charge in [-0.25, -0.2) is 9.97 Å². The standard InChI is InChI=1S/C14H7ClN2OS2/c15-11-9(18)6-5-8-12(11)20-14(17-8)13-16-7-3-1-2-4-10(7)19-13/h1-6,18H. The third-order valence-electron chi connectivity index (χ3n) is 2.95. The predicted octanol–water partition coefficient (Wildman–Crippen LogP) is 4.93. The predicted molar refractivity (Wildman–Crippen MR) is 84.9 cm³/mol. The van der Waals surface area contributed by atoms with E-state index in [0.717, 1.165) is 30.4 Å². The molecule has 0 amide bonds. The summed E-state index contributed by atoms with van der Waals surface area (Å²) >= 11 is 9.17. The van der Waals surface area contributed by atoms with Gasteiger partial charge >= 0.3 is 0 Å². The quantitative estimate of drug-likeness (QED) is 0.541. The van der Waals surface area contributed by atoms with Crippen LogP contribution in [0.2, 0.25) is 5.02 Å². The summed E-state index contributed by atoms with van der Waals surface area (Å²) in [6.45, 7) is 0. The second-order valence-corrected chi connectivity index (χ2v) is 6.66. The van der Waals surface area contributed by atoms with Crippen LogP contribution in [0.5, 0.6) is 5.75 Å². The van der Waals surface area contributed by atoms with Crippen LogP contribution in [0.4, 0.5) is 0 Å². The van der Waals surface area contributed by atoms with Crippen molar-refractivity contribution in [3.8, 4) is 15.8 Å². The third-order valence-corrected chi connectivity index (χ3v) is 5.72.